The second-order valence-electron chi connectivity index (χ2n) is 5.43. The Morgan fingerprint density at radius 3 is 2.41 bits per heavy atom. The number of hydrogen-bond acceptors (Lipinski definition) is 2. The van der Waals surface area contributed by atoms with Gasteiger partial charge in [-0.05, 0) is 49.7 Å². The molecule has 0 atom stereocenters. The molecule has 0 spiro atoms. The highest BCUT2D eigenvalue weighted by Crippen LogP contribution is 2.44. The number of halogens is 1. The molecule has 0 aromatic heterocycles. The minimum Gasteiger partial charge on any atom is -0.399 e. The van der Waals surface area contributed by atoms with E-state index in [1.54, 1.807) is 12.1 Å². The summed E-state index contributed by atoms with van der Waals surface area (Å²) < 4.78 is 13.6. The van der Waals surface area contributed by atoms with Crippen molar-refractivity contribution in [2.24, 2.45) is 11.8 Å². The smallest absolute Gasteiger partial charge is 0.129 e. The molecular formula is C14H19FN2. The Balaban J connectivity index is 1.62. The van der Waals surface area contributed by atoms with E-state index < -0.39 is 0 Å². The normalized spacial score (nSPS) is 19.9. The predicted molar refractivity (Wildman–Crippen MR) is 66.9 cm³/mol. The first-order chi connectivity index (χ1) is 8.24. The standard InChI is InChI=1S/C14H19FN2/c15-13-7-12(16)6-5-11(13)8-17-14(9-1-2-9)10-3-4-10/h5-7,9-10,14,17H,1-4,8,16H2. The molecule has 0 bridgehead atoms. The van der Waals surface area contributed by atoms with E-state index in [1.165, 1.54) is 31.7 Å². The van der Waals surface area contributed by atoms with Crippen molar-refractivity contribution >= 4 is 5.69 Å². The molecule has 0 aliphatic heterocycles. The van der Waals surface area contributed by atoms with Gasteiger partial charge in [-0.25, -0.2) is 4.39 Å². The van der Waals surface area contributed by atoms with Crippen LogP contribution in [0.4, 0.5) is 10.1 Å². The minimum atomic E-state index is -0.192. The van der Waals surface area contributed by atoms with Crippen molar-refractivity contribution in [3.8, 4) is 0 Å². The topological polar surface area (TPSA) is 38.0 Å². The summed E-state index contributed by atoms with van der Waals surface area (Å²) in [6.07, 6.45) is 5.38. The van der Waals surface area contributed by atoms with Crippen LogP contribution in [0.15, 0.2) is 18.2 Å². The SMILES string of the molecule is Nc1ccc(CNC(C2CC2)C2CC2)c(F)c1. The van der Waals surface area contributed by atoms with Gasteiger partial charge in [-0.3, -0.25) is 0 Å². The molecule has 2 saturated carbocycles. The lowest BCUT2D eigenvalue weighted by Crippen LogP contribution is -2.32. The fourth-order valence-electron chi connectivity index (χ4n) is 2.56. The summed E-state index contributed by atoms with van der Waals surface area (Å²) in [5, 5.41) is 3.54. The Morgan fingerprint density at radius 2 is 1.88 bits per heavy atom. The zero-order valence-electron chi connectivity index (χ0n) is 9.95. The summed E-state index contributed by atoms with van der Waals surface area (Å²) in [6.45, 7) is 0.629. The Hall–Kier alpha value is -1.09. The first kappa shape index (κ1) is 11.0. The van der Waals surface area contributed by atoms with E-state index in [4.69, 9.17) is 5.73 Å². The highest BCUT2D eigenvalue weighted by atomic mass is 19.1. The highest BCUT2D eigenvalue weighted by molar-refractivity contribution is 5.40. The van der Waals surface area contributed by atoms with Gasteiger partial charge in [0, 0.05) is 23.8 Å². The van der Waals surface area contributed by atoms with Crippen molar-refractivity contribution in [1.29, 1.82) is 0 Å². The molecule has 3 rings (SSSR count). The van der Waals surface area contributed by atoms with Crippen LogP contribution in [0.2, 0.25) is 0 Å². The molecule has 0 amide bonds. The molecule has 2 aliphatic carbocycles. The summed E-state index contributed by atoms with van der Waals surface area (Å²) in [5.74, 6) is 1.50. The number of anilines is 1. The monoisotopic (exact) mass is 234 g/mol. The molecule has 3 heteroatoms. The summed E-state index contributed by atoms with van der Waals surface area (Å²) in [4.78, 5) is 0. The van der Waals surface area contributed by atoms with Crippen LogP contribution in [0.3, 0.4) is 0 Å². The lowest BCUT2D eigenvalue weighted by Gasteiger charge is -2.18. The van der Waals surface area contributed by atoms with Gasteiger partial charge < -0.3 is 11.1 Å². The third kappa shape index (κ3) is 2.60. The number of nitrogen functional groups attached to an aromatic ring is 1. The van der Waals surface area contributed by atoms with Crippen LogP contribution in [0.1, 0.15) is 31.2 Å². The van der Waals surface area contributed by atoms with Crippen molar-refractivity contribution < 1.29 is 4.39 Å². The van der Waals surface area contributed by atoms with E-state index in [9.17, 15) is 4.39 Å². The van der Waals surface area contributed by atoms with Crippen molar-refractivity contribution in [2.45, 2.75) is 38.3 Å². The zero-order chi connectivity index (χ0) is 11.8. The Morgan fingerprint density at radius 1 is 1.24 bits per heavy atom. The van der Waals surface area contributed by atoms with E-state index in [1.807, 2.05) is 0 Å². The molecule has 0 heterocycles. The van der Waals surface area contributed by atoms with Crippen molar-refractivity contribution in [3.05, 3.63) is 29.6 Å². The molecule has 17 heavy (non-hydrogen) atoms. The van der Waals surface area contributed by atoms with Gasteiger partial charge in [0.25, 0.3) is 0 Å². The van der Waals surface area contributed by atoms with Crippen molar-refractivity contribution in [3.63, 3.8) is 0 Å². The lowest BCUT2D eigenvalue weighted by molar-refractivity contribution is 0.411. The van der Waals surface area contributed by atoms with Gasteiger partial charge >= 0.3 is 0 Å². The Labute approximate surface area is 101 Å². The molecule has 2 aliphatic rings. The minimum absolute atomic E-state index is 0.192. The molecular weight excluding hydrogens is 215 g/mol. The van der Waals surface area contributed by atoms with E-state index >= 15 is 0 Å². The van der Waals surface area contributed by atoms with Crippen LogP contribution in [0.5, 0.6) is 0 Å². The van der Waals surface area contributed by atoms with Crippen LogP contribution in [-0.4, -0.2) is 6.04 Å². The first-order valence-corrected chi connectivity index (χ1v) is 6.51. The van der Waals surface area contributed by atoms with Gasteiger partial charge in [0.1, 0.15) is 5.82 Å². The molecule has 1 aromatic rings. The maximum absolute atomic E-state index is 13.6. The third-order valence-electron chi connectivity index (χ3n) is 3.87. The summed E-state index contributed by atoms with van der Waals surface area (Å²) in [5.41, 5.74) is 6.76. The molecule has 2 nitrogen and oxygen atoms in total. The highest BCUT2D eigenvalue weighted by Gasteiger charge is 2.40. The number of rotatable bonds is 5. The largest absolute Gasteiger partial charge is 0.399 e. The van der Waals surface area contributed by atoms with E-state index in [2.05, 4.69) is 5.32 Å². The van der Waals surface area contributed by atoms with Crippen LogP contribution < -0.4 is 11.1 Å². The van der Waals surface area contributed by atoms with Gasteiger partial charge in [0.15, 0.2) is 0 Å². The van der Waals surface area contributed by atoms with E-state index in [0.717, 1.165) is 17.4 Å². The van der Waals surface area contributed by atoms with Gasteiger partial charge in [-0.1, -0.05) is 6.07 Å². The zero-order valence-corrected chi connectivity index (χ0v) is 9.95. The van der Waals surface area contributed by atoms with E-state index in [-0.39, 0.29) is 5.82 Å². The second-order valence-corrected chi connectivity index (χ2v) is 5.43. The van der Waals surface area contributed by atoms with Gasteiger partial charge in [0.2, 0.25) is 0 Å². The van der Waals surface area contributed by atoms with Crippen LogP contribution >= 0.6 is 0 Å². The maximum Gasteiger partial charge on any atom is 0.129 e. The van der Waals surface area contributed by atoms with Crippen LogP contribution in [0.25, 0.3) is 0 Å². The summed E-state index contributed by atoms with van der Waals surface area (Å²) in [6, 6.07) is 5.57. The van der Waals surface area contributed by atoms with Crippen LogP contribution in [0, 0.1) is 17.7 Å². The van der Waals surface area contributed by atoms with E-state index in [0.29, 0.717) is 18.3 Å². The Kier molecular flexibility index (Phi) is 2.79. The van der Waals surface area contributed by atoms with Gasteiger partial charge in [-0.2, -0.15) is 0 Å². The average Bonchev–Trinajstić information content (AvgIpc) is 3.15. The fraction of sp³-hybridized carbons (Fsp3) is 0.571. The first-order valence-electron chi connectivity index (χ1n) is 6.51. The molecule has 0 unspecified atom stereocenters. The van der Waals surface area contributed by atoms with Crippen molar-refractivity contribution in [1.82, 2.24) is 5.32 Å². The summed E-state index contributed by atoms with van der Waals surface area (Å²) in [7, 11) is 0. The maximum atomic E-state index is 13.6. The molecule has 92 valence electrons. The number of nitrogens with two attached hydrogens (primary N) is 1. The van der Waals surface area contributed by atoms with Crippen LogP contribution in [-0.2, 0) is 6.54 Å². The Bertz CT molecular complexity index is 399. The second kappa shape index (κ2) is 4.30. The van der Waals surface area contributed by atoms with Gasteiger partial charge in [0.05, 0.1) is 0 Å². The number of benzene rings is 1. The molecule has 0 radical (unpaired) electrons. The number of nitrogens with one attached hydrogen (secondary N) is 1. The van der Waals surface area contributed by atoms with Gasteiger partial charge in [-0.15, -0.1) is 0 Å². The average molecular weight is 234 g/mol. The quantitative estimate of drug-likeness (QED) is 0.769. The molecule has 1 aromatic carbocycles. The summed E-state index contributed by atoms with van der Waals surface area (Å²) >= 11 is 0. The third-order valence-corrected chi connectivity index (χ3v) is 3.87. The lowest BCUT2D eigenvalue weighted by atomic mass is 10.1. The molecule has 3 N–H and O–H groups in total. The fourth-order valence-corrected chi connectivity index (χ4v) is 2.56. The predicted octanol–water partition coefficient (Wildman–Crippen LogP) is 2.69. The number of hydrogen-bond donors (Lipinski definition) is 2. The molecule has 2 fully saturated rings. The molecule has 0 saturated heterocycles. The van der Waals surface area contributed by atoms with Crippen molar-refractivity contribution in [2.75, 3.05) is 5.73 Å².